The highest BCUT2D eigenvalue weighted by Crippen LogP contribution is 2.05. The zero-order valence-corrected chi connectivity index (χ0v) is 11.6. The zero-order valence-electron chi connectivity index (χ0n) is 11.6. The molecule has 2 heterocycles. The van der Waals surface area contributed by atoms with E-state index in [-0.39, 0.29) is 11.9 Å². The Kier molecular flexibility index (Phi) is 4.93. The van der Waals surface area contributed by atoms with Crippen molar-refractivity contribution in [2.45, 2.75) is 25.9 Å². The molecule has 19 heavy (non-hydrogen) atoms. The Morgan fingerprint density at radius 3 is 2.79 bits per heavy atom. The van der Waals surface area contributed by atoms with E-state index in [2.05, 4.69) is 22.2 Å². The molecular formula is C13H22N4O2. The molecule has 1 aromatic heterocycles. The second kappa shape index (κ2) is 6.68. The van der Waals surface area contributed by atoms with Gasteiger partial charge in [-0.1, -0.05) is 0 Å². The third-order valence-corrected chi connectivity index (χ3v) is 3.54. The van der Waals surface area contributed by atoms with Crippen LogP contribution in [0.4, 0.5) is 0 Å². The Morgan fingerprint density at radius 2 is 2.16 bits per heavy atom. The van der Waals surface area contributed by atoms with Gasteiger partial charge in [0.15, 0.2) is 0 Å². The van der Waals surface area contributed by atoms with Crippen LogP contribution in [0.15, 0.2) is 18.5 Å². The van der Waals surface area contributed by atoms with E-state index in [0.29, 0.717) is 12.6 Å². The van der Waals surface area contributed by atoms with Gasteiger partial charge in [0.1, 0.15) is 6.04 Å². The highest BCUT2D eigenvalue weighted by Gasteiger charge is 2.19. The van der Waals surface area contributed by atoms with Crippen molar-refractivity contribution >= 4 is 5.91 Å². The fraction of sp³-hybridized carbons (Fsp3) is 0.692. The number of nitrogens with one attached hydrogen (secondary N) is 1. The summed E-state index contributed by atoms with van der Waals surface area (Å²) in [5.41, 5.74) is 0. The number of hydrogen-bond donors (Lipinski definition) is 1. The molecule has 0 aliphatic carbocycles. The molecule has 0 spiro atoms. The van der Waals surface area contributed by atoms with Crippen molar-refractivity contribution in [3.63, 3.8) is 0 Å². The lowest BCUT2D eigenvalue weighted by Crippen LogP contribution is -2.48. The Labute approximate surface area is 113 Å². The van der Waals surface area contributed by atoms with Gasteiger partial charge in [-0.25, -0.2) is 0 Å². The fourth-order valence-electron chi connectivity index (χ4n) is 2.17. The first-order valence-corrected chi connectivity index (χ1v) is 6.77. The van der Waals surface area contributed by atoms with Gasteiger partial charge in [-0.05, 0) is 19.9 Å². The number of amides is 1. The fourth-order valence-corrected chi connectivity index (χ4v) is 2.17. The van der Waals surface area contributed by atoms with Gasteiger partial charge < -0.3 is 10.1 Å². The van der Waals surface area contributed by atoms with E-state index in [1.807, 2.05) is 13.0 Å². The van der Waals surface area contributed by atoms with Crippen LogP contribution in [0.3, 0.4) is 0 Å². The predicted octanol–water partition coefficient (Wildman–Crippen LogP) is 0.281. The topological polar surface area (TPSA) is 59.4 Å². The van der Waals surface area contributed by atoms with Gasteiger partial charge >= 0.3 is 0 Å². The lowest BCUT2D eigenvalue weighted by Gasteiger charge is -2.32. The van der Waals surface area contributed by atoms with Crippen molar-refractivity contribution in [1.29, 1.82) is 0 Å². The third kappa shape index (κ3) is 3.78. The summed E-state index contributed by atoms with van der Waals surface area (Å²) in [6.07, 6.45) is 3.48. The molecule has 1 aliphatic rings. The lowest BCUT2D eigenvalue weighted by atomic mass is 10.2. The molecule has 1 amide bonds. The number of carbonyl (C=O) groups excluding carboxylic acids is 1. The molecular weight excluding hydrogens is 244 g/mol. The van der Waals surface area contributed by atoms with E-state index in [1.165, 1.54) is 0 Å². The minimum Gasteiger partial charge on any atom is -0.379 e. The number of rotatable bonds is 5. The summed E-state index contributed by atoms with van der Waals surface area (Å²) in [6, 6.07) is 1.88. The summed E-state index contributed by atoms with van der Waals surface area (Å²) in [5, 5.41) is 7.07. The highest BCUT2D eigenvalue weighted by atomic mass is 16.5. The molecule has 0 aromatic carbocycles. The Balaban J connectivity index is 1.76. The van der Waals surface area contributed by atoms with Gasteiger partial charge in [0.05, 0.1) is 13.2 Å². The van der Waals surface area contributed by atoms with Crippen LogP contribution >= 0.6 is 0 Å². The van der Waals surface area contributed by atoms with Crippen molar-refractivity contribution in [1.82, 2.24) is 20.0 Å². The van der Waals surface area contributed by atoms with Crippen LogP contribution in [-0.4, -0.2) is 59.5 Å². The van der Waals surface area contributed by atoms with Crippen LogP contribution in [-0.2, 0) is 9.53 Å². The number of carbonyl (C=O) groups is 1. The highest BCUT2D eigenvalue weighted by molar-refractivity contribution is 5.79. The van der Waals surface area contributed by atoms with Crippen molar-refractivity contribution in [2.24, 2.45) is 0 Å². The number of aromatic nitrogens is 2. The molecule has 0 bridgehead atoms. The summed E-state index contributed by atoms with van der Waals surface area (Å²) >= 11 is 0. The van der Waals surface area contributed by atoms with Gasteiger partial charge in [0, 0.05) is 38.1 Å². The number of hydrogen-bond acceptors (Lipinski definition) is 4. The summed E-state index contributed by atoms with van der Waals surface area (Å²) < 4.78 is 6.98. The summed E-state index contributed by atoms with van der Waals surface area (Å²) in [6.45, 7) is 8.07. The molecule has 0 unspecified atom stereocenters. The van der Waals surface area contributed by atoms with Crippen molar-refractivity contribution in [3.8, 4) is 0 Å². The SMILES string of the molecule is C[C@H](CNC(=O)[C@H](C)n1cccn1)N1CCOCC1. The normalized spacial score (nSPS) is 19.9. The first-order chi connectivity index (χ1) is 9.18. The predicted molar refractivity (Wildman–Crippen MR) is 71.8 cm³/mol. The van der Waals surface area contributed by atoms with E-state index in [1.54, 1.807) is 17.1 Å². The van der Waals surface area contributed by atoms with Crippen LogP contribution in [0.1, 0.15) is 19.9 Å². The molecule has 6 nitrogen and oxygen atoms in total. The standard InChI is InChI=1S/C13H22N4O2/c1-11(16-6-8-19-9-7-16)10-14-13(18)12(2)17-5-3-4-15-17/h3-5,11-12H,6-10H2,1-2H3,(H,14,18)/t11-,12+/m1/s1. The van der Waals surface area contributed by atoms with Crippen molar-refractivity contribution in [3.05, 3.63) is 18.5 Å². The molecule has 2 atom stereocenters. The van der Waals surface area contributed by atoms with E-state index < -0.39 is 0 Å². The molecule has 1 aliphatic heterocycles. The minimum atomic E-state index is -0.271. The second-order valence-corrected chi connectivity index (χ2v) is 4.90. The zero-order chi connectivity index (χ0) is 13.7. The van der Waals surface area contributed by atoms with Crippen LogP contribution in [0.2, 0.25) is 0 Å². The third-order valence-electron chi connectivity index (χ3n) is 3.54. The van der Waals surface area contributed by atoms with Gasteiger partial charge in [-0.2, -0.15) is 5.10 Å². The van der Waals surface area contributed by atoms with Gasteiger partial charge in [0.2, 0.25) is 5.91 Å². The van der Waals surface area contributed by atoms with Crippen molar-refractivity contribution in [2.75, 3.05) is 32.8 Å². The molecule has 2 rings (SSSR count). The van der Waals surface area contributed by atoms with E-state index in [0.717, 1.165) is 26.3 Å². The Hall–Kier alpha value is -1.40. The van der Waals surface area contributed by atoms with Crippen LogP contribution in [0, 0.1) is 0 Å². The number of ether oxygens (including phenoxy) is 1. The Bertz CT molecular complexity index is 387. The molecule has 0 radical (unpaired) electrons. The summed E-state index contributed by atoms with van der Waals surface area (Å²) in [4.78, 5) is 14.3. The lowest BCUT2D eigenvalue weighted by molar-refractivity contribution is -0.124. The first-order valence-electron chi connectivity index (χ1n) is 6.77. The van der Waals surface area contributed by atoms with Crippen molar-refractivity contribution < 1.29 is 9.53 Å². The molecule has 0 saturated carbocycles. The maximum Gasteiger partial charge on any atom is 0.244 e. The molecule has 6 heteroatoms. The minimum absolute atomic E-state index is 0.00353. The largest absolute Gasteiger partial charge is 0.379 e. The quantitative estimate of drug-likeness (QED) is 0.831. The summed E-state index contributed by atoms with van der Waals surface area (Å²) in [7, 11) is 0. The number of nitrogens with zero attached hydrogens (tertiary/aromatic N) is 3. The monoisotopic (exact) mass is 266 g/mol. The molecule has 106 valence electrons. The molecule has 1 fully saturated rings. The maximum absolute atomic E-state index is 12.0. The van der Waals surface area contributed by atoms with Crippen LogP contribution in [0.25, 0.3) is 0 Å². The van der Waals surface area contributed by atoms with Gasteiger partial charge in [-0.3, -0.25) is 14.4 Å². The van der Waals surface area contributed by atoms with E-state index in [9.17, 15) is 4.79 Å². The average Bonchev–Trinajstić information content (AvgIpc) is 2.98. The van der Waals surface area contributed by atoms with E-state index >= 15 is 0 Å². The van der Waals surface area contributed by atoms with E-state index in [4.69, 9.17) is 4.74 Å². The molecule has 1 N–H and O–H groups in total. The summed E-state index contributed by atoms with van der Waals surface area (Å²) in [5.74, 6) is 0.00353. The number of morpholine rings is 1. The van der Waals surface area contributed by atoms with Crippen LogP contribution < -0.4 is 5.32 Å². The molecule has 1 aromatic rings. The smallest absolute Gasteiger partial charge is 0.244 e. The van der Waals surface area contributed by atoms with Crippen LogP contribution in [0.5, 0.6) is 0 Å². The first kappa shape index (κ1) is 14.0. The average molecular weight is 266 g/mol. The van der Waals surface area contributed by atoms with Gasteiger partial charge in [-0.15, -0.1) is 0 Å². The van der Waals surface area contributed by atoms with Gasteiger partial charge in [0.25, 0.3) is 0 Å². The Morgan fingerprint density at radius 1 is 1.42 bits per heavy atom. The maximum atomic E-state index is 12.0. The molecule has 1 saturated heterocycles. The second-order valence-electron chi connectivity index (χ2n) is 4.90.